The predicted octanol–water partition coefficient (Wildman–Crippen LogP) is 3.74. The maximum Gasteiger partial charge on any atom is 0.260 e. The Morgan fingerprint density at radius 2 is 1.62 bits per heavy atom. The number of carbonyl (C=O) groups is 1. The van der Waals surface area contributed by atoms with E-state index in [1.54, 1.807) is 17.0 Å². The van der Waals surface area contributed by atoms with E-state index in [1.807, 2.05) is 13.8 Å². The van der Waals surface area contributed by atoms with Crippen LogP contribution in [0, 0.1) is 23.3 Å². The van der Waals surface area contributed by atoms with Crippen LogP contribution in [0.1, 0.15) is 19.4 Å². The van der Waals surface area contributed by atoms with Crippen molar-refractivity contribution in [3.8, 4) is 5.75 Å². The zero-order chi connectivity index (χ0) is 21.1. The molecule has 0 unspecified atom stereocenters. The number of rotatable bonds is 5. The largest absolute Gasteiger partial charge is 0.478 e. The number of hydrogen-bond acceptors (Lipinski definition) is 3. The first-order valence-corrected chi connectivity index (χ1v) is 9.30. The summed E-state index contributed by atoms with van der Waals surface area (Å²) in [5.74, 6) is -5.39. The quantitative estimate of drug-likeness (QED) is 0.556. The number of amides is 1. The summed E-state index contributed by atoms with van der Waals surface area (Å²) in [5.41, 5.74) is 0.964. The van der Waals surface area contributed by atoms with Crippen molar-refractivity contribution in [2.45, 2.75) is 32.5 Å². The molecule has 3 rings (SSSR count). The van der Waals surface area contributed by atoms with Crippen LogP contribution in [-0.2, 0) is 11.3 Å². The Balaban J connectivity index is 1.60. The fraction of sp³-hybridized carbons (Fsp3) is 0.381. The van der Waals surface area contributed by atoms with Crippen molar-refractivity contribution in [1.29, 1.82) is 0 Å². The highest BCUT2D eigenvalue weighted by Gasteiger charge is 2.32. The Kier molecular flexibility index (Phi) is 6.42. The molecule has 0 N–H and O–H groups in total. The van der Waals surface area contributed by atoms with Gasteiger partial charge in [-0.25, -0.2) is 13.2 Å². The lowest BCUT2D eigenvalue weighted by atomic mass is 10.1. The number of benzene rings is 2. The molecular weight excluding hydrogens is 388 g/mol. The maximum absolute atomic E-state index is 13.7. The molecule has 8 heteroatoms. The zero-order valence-corrected chi connectivity index (χ0v) is 16.2. The van der Waals surface area contributed by atoms with E-state index in [2.05, 4.69) is 4.90 Å². The first kappa shape index (κ1) is 21.1. The van der Waals surface area contributed by atoms with Crippen molar-refractivity contribution in [2.24, 2.45) is 0 Å². The van der Waals surface area contributed by atoms with Crippen molar-refractivity contribution in [1.82, 2.24) is 9.80 Å². The van der Waals surface area contributed by atoms with Gasteiger partial charge in [-0.05, 0) is 43.7 Å². The summed E-state index contributed by atoms with van der Waals surface area (Å²) >= 11 is 0. The average Bonchev–Trinajstić information content (AvgIpc) is 2.69. The highest BCUT2D eigenvalue weighted by molar-refractivity contribution is 5.78. The molecule has 1 fully saturated rings. The maximum atomic E-state index is 13.7. The first-order valence-electron chi connectivity index (χ1n) is 9.30. The second kappa shape index (κ2) is 8.82. The molecule has 1 heterocycles. The van der Waals surface area contributed by atoms with E-state index in [9.17, 15) is 22.4 Å². The minimum Gasteiger partial charge on any atom is -0.478 e. The van der Waals surface area contributed by atoms with Gasteiger partial charge in [0.25, 0.3) is 5.91 Å². The summed E-state index contributed by atoms with van der Waals surface area (Å²) in [6, 6.07) is 7.52. The Labute approximate surface area is 166 Å². The molecule has 2 atom stereocenters. The number of nitrogens with zero attached hydrogens (tertiary/aromatic N) is 2. The molecule has 1 amide bonds. The number of halogens is 4. The van der Waals surface area contributed by atoms with Crippen molar-refractivity contribution in [2.75, 3.05) is 19.7 Å². The molecular formula is C21H22F4N2O2. The molecule has 1 aliphatic rings. The van der Waals surface area contributed by atoms with Crippen LogP contribution in [-0.4, -0.2) is 47.5 Å². The standard InChI is InChI=1S/C21H22F4N2O2/c1-13-10-27(14(2)9-26(13)11-15-3-5-16(22)6-4-15)19(28)12-29-21-18(24)8-7-17(23)20(21)25/h3-8,13-14H,9-12H2,1-2H3/t13-,14+/m1/s1. The Bertz CT molecular complexity index is 876. The molecule has 0 bridgehead atoms. The molecule has 1 saturated heterocycles. The molecule has 0 aromatic heterocycles. The van der Waals surface area contributed by atoms with Gasteiger partial charge < -0.3 is 9.64 Å². The molecule has 0 radical (unpaired) electrons. The lowest BCUT2D eigenvalue weighted by Gasteiger charge is -2.44. The van der Waals surface area contributed by atoms with E-state index in [-0.39, 0.29) is 17.9 Å². The van der Waals surface area contributed by atoms with E-state index >= 15 is 0 Å². The highest BCUT2D eigenvalue weighted by Crippen LogP contribution is 2.24. The van der Waals surface area contributed by atoms with E-state index in [1.165, 1.54) is 12.1 Å². The lowest BCUT2D eigenvalue weighted by molar-refractivity contribution is -0.139. The van der Waals surface area contributed by atoms with E-state index in [4.69, 9.17) is 4.74 Å². The van der Waals surface area contributed by atoms with Crippen molar-refractivity contribution in [3.05, 3.63) is 65.2 Å². The van der Waals surface area contributed by atoms with Crippen LogP contribution >= 0.6 is 0 Å². The van der Waals surface area contributed by atoms with Crippen LogP contribution in [0.3, 0.4) is 0 Å². The Hall–Kier alpha value is -2.61. The number of carbonyl (C=O) groups excluding carboxylic acids is 1. The van der Waals surface area contributed by atoms with Gasteiger partial charge in [0.2, 0.25) is 5.82 Å². The molecule has 0 spiro atoms. The van der Waals surface area contributed by atoms with E-state index in [0.717, 1.165) is 11.6 Å². The minimum absolute atomic E-state index is 0.0165. The van der Waals surface area contributed by atoms with Gasteiger partial charge in [-0.2, -0.15) is 4.39 Å². The first-order chi connectivity index (χ1) is 13.8. The van der Waals surface area contributed by atoms with Crippen molar-refractivity contribution >= 4 is 5.91 Å². The smallest absolute Gasteiger partial charge is 0.260 e. The van der Waals surface area contributed by atoms with Gasteiger partial charge in [-0.15, -0.1) is 0 Å². The van der Waals surface area contributed by atoms with Gasteiger partial charge in [-0.1, -0.05) is 12.1 Å². The van der Waals surface area contributed by atoms with Crippen molar-refractivity contribution < 1.29 is 27.1 Å². The highest BCUT2D eigenvalue weighted by atomic mass is 19.2. The fourth-order valence-corrected chi connectivity index (χ4v) is 3.45. The summed E-state index contributed by atoms with van der Waals surface area (Å²) in [5, 5.41) is 0. The molecule has 2 aromatic carbocycles. The van der Waals surface area contributed by atoms with Gasteiger partial charge in [0, 0.05) is 31.7 Å². The van der Waals surface area contributed by atoms with Gasteiger partial charge in [-0.3, -0.25) is 9.69 Å². The van der Waals surface area contributed by atoms with E-state index < -0.39 is 35.7 Å². The van der Waals surface area contributed by atoms with E-state index in [0.29, 0.717) is 25.7 Å². The topological polar surface area (TPSA) is 32.8 Å². The van der Waals surface area contributed by atoms with Gasteiger partial charge in [0.15, 0.2) is 24.0 Å². The third kappa shape index (κ3) is 4.87. The van der Waals surface area contributed by atoms with Crippen LogP contribution in [0.5, 0.6) is 5.75 Å². The van der Waals surface area contributed by atoms with Gasteiger partial charge in [0.05, 0.1) is 0 Å². The second-order valence-corrected chi connectivity index (χ2v) is 7.26. The zero-order valence-electron chi connectivity index (χ0n) is 16.2. The molecule has 4 nitrogen and oxygen atoms in total. The van der Waals surface area contributed by atoms with Crippen LogP contribution in [0.2, 0.25) is 0 Å². The summed E-state index contributed by atoms with van der Waals surface area (Å²) < 4.78 is 58.6. The average molecular weight is 410 g/mol. The molecule has 1 aliphatic heterocycles. The van der Waals surface area contributed by atoms with Crippen molar-refractivity contribution in [3.63, 3.8) is 0 Å². The normalized spacial score (nSPS) is 20.0. The number of hydrogen-bond donors (Lipinski definition) is 0. The number of piperazine rings is 1. The summed E-state index contributed by atoms with van der Waals surface area (Å²) in [4.78, 5) is 16.3. The van der Waals surface area contributed by atoms with Crippen LogP contribution < -0.4 is 4.74 Å². The third-order valence-electron chi connectivity index (χ3n) is 5.08. The number of ether oxygens (including phenoxy) is 1. The molecule has 29 heavy (non-hydrogen) atoms. The summed E-state index contributed by atoms with van der Waals surface area (Å²) in [6.45, 7) is 4.83. The van der Waals surface area contributed by atoms with Crippen LogP contribution in [0.15, 0.2) is 36.4 Å². The lowest BCUT2D eigenvalue weighted by Crippen LogP contribution is -2.58. The van der Waals surface area contributed by atoms with Gasteiger partial charge in [0.1, 0.15) is 5.82 Å². The summed E-state index contributed by atoms with van der Waals surface area (Å²) in [6.07, 6.45) is 0. The molecule has 0 aliphatic carbocycles. The van der Waals surface area contributed by atoms with Gasteiger partial charge >= 0.3 is 0 Å². The Morgan fingerprint density at radius 3 is 2.31 bits per heavy atom. The SMILES string of the molecule is C[C@@H]1CN(C(=O)COc2c(F)ccc(F)c2F)[C@@H](C)CN1Cc1ccc(F)cc1. The Morgan fingerprint density at radius 1 is 0.966 bits per heavy atom. The molecule has 2 aromatic rings. The van der Waals surface area contributed by atoms with Crippen LogP contribution in [0.4, 0.5) is 17.6 Å². The predicted molar refractivity (Wildman–Crippen MR) is 99.3 cm³/mol. The fourth-order valence-electron chi connectivity index (χ4n) is 3.45. The minimum atomic E-state index is -1.46. The summed E-state index contributed by atoms with van der Waals surface area (Å²) in [7, 11) is 0. The molecule has 156 valence electrons. The third-order valence-corrected chi connectivity index (χ3v) is 5.08. The monoisotopic (exact) mass is 410 g/mol. The second-order valence-electron chi connectivity index (χ2n) is 7.26. The van der Waals surface area contributed by atoms with Crippen LogP contribution in [0.25, 0.3) is 0 Å². The molecule has 0 saturated carbocycles.